The normalized spacial score (nSPS) is 10.2. The van der Waals surface area contributed by atoms with Crippen LogP contribution in [0.4, 0.5) is 11.6 Å². The van der Waals surface area contributed by atoms with Gasteiger partial charge in [-0.25, -0.2) is 4.79 Å². The van der Waals surface area contributed by atoms with Crippen molar-refractivity contribution in [1.29, 1.82) is 0 Å². The van der Waals surface area contributed by atoms with Gasteiger partial charge in [-0.05, 0) is 36.8 Å². The lowest BCUT2D eigenvalue weighted by molar-refractivity contribution is 0.0663. The Hall–Kier alpha value is -1.75. The van der Waals surface area contributed by atoms with Crippen LogP contribution in [0, 0.1) is 6.92 Å². The summed E-state index contributed by atoms with van der Waals surface area (Å²) in [4.78, 5) is 10.6. The fourth-order valence-corrected chi connectivity index (χ4v) is 2.08. The van der Waals surface area contributed by atoms with Crippen molar-refractivity contribution in [2.24, 2.45) is 0 Å². The summed E-state index contributed by atoms with van der Waals surface area (Å²) in [6, 6.07) is 8.80. The molecule has 2 aromatic rings. The van der Waals surface area contributed by atoms with E-state index in [-0.39, 0.29) is 5.76 Å². The average Bonchev–Trinajstić information content (AvgIpc) is 2.64. The summed E-state index contributed by atoms with van der Waals surface area (Å²) in [5.74, 6) is -0.761. The second-order valence-electron chi connectivity index (χ2n) is 3.61. The quantitative estimate of drug-likeness (QED) is 0.904. The van der Waals surface area contributed by atoms with E-state index in [9.17, 15) is 4.79 Å². The van der Waals surface area contributed by atoms with Crippen LogP contribution in [0.5, 0.6) is 0 Å². The van der Waals surface area contributed by atoms with Gasteiger partial charge >= 0.3 is 5.97 Å². The zero-order valence-corrected chi connectivity index (χ0v) is 10.6. The van der Waals surface area contributed by atoms with Crippen molar-refractivity contribution in [1.82, 2.24) is 0 Å². The van der Waals surface area contributed by atoms with Crippen LogP contribution in [0.25, 0.3) is 0 Å². The van der Waals surface area contributed by atoms with Crippen molar-refractivity contribution in [2.45, 2.75) is 6.92 Å². The molecule has 2 N–H and O–H groups in total. The van der Waals surface area contributed by atoms with E-state index in [4.69, 9.17) is 9.52 Å². The van der Waals surface area contributed by atoms with Crippen molar-refractivity contribution >= 4 is 33.5 Å². The van der Waals surface area contributed by atoms with Gasteiger partial charge in [-0.2, -0.15) is 0 Å². The SMILES string of the molecule is Cc1cc(Br)cc(Nc2ccc(C(=O)O)o2)c1. The third-order valence-electron chi connectivity index (χ3n) is 2.13. The second-order valence-corrected chi connectivity index (χ2v) is 4.53. The Labute approximate surface area is 106 Å². The van der Waals surface area contributed by atoms with Crippen molar-refractivity contribution in [3.8, 4) is 0 Å². The summed E-state index contributed by atoms with van der Waals surface area (Å²) in [6.45, 7) is 1.97. The molecule has 17 heavy (non-hydrogen) atoms. The van der Waals surface area contributed by atoms with E-state index >= 15 is 0 Å². The molecule has 0 saturated heterocycles. The Kier molecular flexibility index (Phi) is 3.19. The fraction of sp³-hybridized carbons (Fsp3) is 0.0833. The molecule has 4 nitrogen and oxygen atoms in total. The first kappa shape index (κ1) is 11.7. The highest BCUT2D eigenvalue weighted by Crippen LogP contribution is 2.23. The number of rotatable bonds is 3. The molecule has 0 unspecified atom stereocenters. The molecule has 0 fully saturated rings. The van der Waals surface area contributed by atoms with E-state index in [0.29, 0.717) is 5.88 Å². The molecule has 0 aliphatic carbocycles. The number of anilines is 2. The van der Waals surface area contributed by atoms with Crippen LogP contribution in [0.15, 0.2) is 39.2 Å². The van der Waals surface area contributed by atoms with Crippen LogP contribution < -0.4 is 5.32 Å². The van der Waals surface area contributed by atoms with E-state index in [2.05, 4.69) is 21.2 Å². The summed E-state index contributed by atoms with van der Waals surface area (Å²) >= 11 is 3.39. The van der Waals surface area contributed by atoms with Crippen LogP contribution in [-0.2, 0) is 0 Å². The third-order valence-corrected chi connectivity index (χ3v) is 2.58. The predicted octanol–water partition coefficient (Wildman–Crippen LogP) is 3.79. The lowest BCUT2D eigenvalue weighted by Crippen LogP contribution is -1.92. The third kappa shape index (κ3) is 2.88. The molecule has 0 aliphatic rings. The van der Waals surface area contributed by atoms with E-state index in [1.807, 2.05) is 25.1 Å². The van der Waals surface area contributed by atoms with Crippen LogP contribution in [0.3, 0.4) is 0 Å². The van der Waals surface area contributed by atoms with Gasteiger partial charge in [0.25, 0.3) is 0 Å². The Morgan fingerprint density at radius 3 is 2.71 bits per heavy atom. The highest BCUT2D eigenvalue weighted by atomic mass is 79.9. The predicted molar refractivity (Wildman–Crippen MR) is 67.8 cm³/mol. The molecule has 0 saturated carbocycles. The molecule has 88 valence electrons. The molecule has 5 heteroatoms. The Bertz CT molecular complexity index is 542. The minimum Gasteiger partial charge on any atom is -0.475 e. The monoisotopic (exact) mass is 295 g/mol. The van der Waals surface area contributed by atoms with Gasteiger partial charge in [-0.15, -0.1) is 0 Å². The van der Waals surface area contributed by atoms with Crippen LogP contribution >= 0.6 is 15.9 Å². The molecule has 1 heterocycles. The van der Waals surface area contributed by atoms with Gasteiger partial charge in [0, 0.05) is 16.2 Å². The van der Waals surface area contributed by atoms with Crippen LogP contribution in [-0.4, -0.2) is 11.1 Å². The zero-order valence-electron chi connectivity index (χ0n) is 9.03. The topological polar surface area (TPSA) is 62.5 Å². The molecule has 1 aromatic heterocycles. The number of benzene rings is 1. The molecule has 0 spiro atoms. The lowest BCUT2D eigenvalue weighted by Gasteiger charge is -2.04. The van der Waals surface area contributed by atoms with Gasteiger partial charge in [0.15, 0.2) is 5.88 Å². The number of carboxylic acid groups (broad SMARTS) is 1. The summed E-state index contributed by atoms with van der Waals surface area (Å²) in [6.07, 6.45) is 0. The molecule has 1 aromatic carbocycles. The standard InChI is InChI=1S/C12H10BrNO3/c1-7-4-8(13)6-9(5-7)14-11-3-2-10(17-11)12(15)16/h2-6,14H,1H3,(H,15,16). The Morgan fingerprint density at radius 1 is 1.35 bits per heavy atom. The maximum absolute atomic E-state index is 10.6. The van der Waals surface area contributed by atoms with Gasteiger partial charge in [0.05, 0.1) is 0 Å². The fourth-order valence-electron chi connectivity index (χ4n) is 1.47. The summed E-state index contributed by atoms with van der Waals surface area (Å²) < 4.78 is 6.05. The molecular weight excluding hydrogens is 286 g/mol. The summed E-state index contributed by atoms with van der Waals surface area (Å²) in [5, 5.41) is 11.7. The second kappa shape index (κ2) is 4.63. The van der Waals surface area contributed by atoms with E-state index in [0.717, 1.165) is 15.7 Å². The molecule has 0 aliphatic heterocycles. The van der Waals surface area contributed by atoms with Gasteiger partial charge in [0.1, 0.15) is 0 Å². The summed E-state index contributed by atoms with van der Waals surface area (Å²) in [7, 11) is 0. The van der Waals surface area contributed by atoms with Crippen LogP contribution in [0.2, 0.25) is 0 Å². The average molecular weight is 296 g/mol. The van der Waals surface area contributed by atoms with Gasteiger partial charge in [0.2, 0.25) is 5.76 Å². The highest BCUT2D eigenvalue weighted by Gasteiger charge is 2.08. The number of halogens is 1. The van der Waals surface area contributed by atoms with Crippen molar-refractivity contribution in [3.63, 3.8) is 0 Å². The minimum absolute atomic E-state index is 0.0841. The number of hydrogen-bond donors (Lipinski definition) is 2. The van der Waals surface area contributed by atoms with Crippen LogP contribution in [0.1, 0.15) is 16.1 Å². The molecule has 0 radical (unpaired) electrons. The molecule has 0 amide bonds. The number of nitrogens with one attached hydrogen (secondary N) is 1. The van der Waals surface area contributed by atoms with Gasteiger partial charge in [-0.3, -0.25) is 0 Å². The number of hydrogen-bond acceptors (Lipinski definition) is 3. The number of carbonyl (C=O) groups is 1. The first-order chi connectivity index (χ1) is 8.04. The molecule has 0 atom stereocenters. The minimum atomic E-state index is -1.08. The van der Waals surface area contributed by atoms with Gasteiger partial charge in [-0.1, -0.05) is 15.9 Å². The largest absolute Gasteiger partial charge is 0.475 e. The maximum atomic E-state index is 10.6. The number of furan rings is 1. The zero-order chi connectivity index (χ0) is 12.4. The number of carboxylic acids is 1. The smallest absolute Gasteiger partial charge is 0.371 e. The summed E-state index contributed by atoms with van der Waals surface area (Å²) in [5.41, 5.74) is 1.93. The van der Waals surface area contributed by atoms with Crippen molar-refractivity contribution < 1.29 is 14.3 Å². The molecular formula is C12H10BrNO3. The molecule has 2 rings (SSSR count). The first-order valence-electron chi connectivity index (χ1n) is 4.92. The van der Waals surface area contributed by atoms with Crippen molar-refractivity contribution in [3.05, 3.63) is 46.1 Å². The van der Waals surface area contributed by atoms with E-state index in [1.165, 1.54) is 6.07 Å². The maximum Gasteiger partial charge on any atom is 0.371 e. The highest BCUT2D eigenvalue weighted by molar-refractivity contribution is 9.10. The Balaban J connectivity index is 2.22. The first-order valence-corrected chi connectivity index (χ1v) is 5.71. The Morgan fingerprint density at radius 2 is 2.12 bits per heavy atom. The van der Waals surface area contributed by atoms with E-state index < -0.39 is 5.97 Å². The number of aryl methyl sites for hydroxylation is 1. The van der Waals surface area contributed by atoms with Gasteiger partial charge < -0.3 is 14.8 Å². The lowest BCUT2D eigenvalue weighted by atomic mass is 10.2. The van der Waals surface area contributed by atoms with E-state index in [1.54, 1.807) is 6.07 Å². The molecule has 0 bridgehead atoms. The number of aromatic carboxylic acids is 1. The van der Waals surface area contributed by atoms with Crippen molar-refractivity contribution in [2.75, 3.05) is 5.32 Å².